The lowest BCUT2D eigenvalue weighted by Gasteiger charge is -2.34. The topological polar surface area (TPSA) is 53.6 Å². The van der Waals surface area contributed by atoms with Crippen LogP contribution in [0, 0.1) is 0 Å². The summed E-state index contributed by atoms with van der Waals surface area (Å²) in [5, 5.41) is 7.58. The maximum atomic E-state index is 12.2. The molecule has 1 aliphatic rings. The molecule has 24 heavy (non-hydrogen) atoms. The molecule has 5 nitrogen and oxygen atoms in total. The number of rotatable bonds is 5. The number of nitrogens with one attached hydrogen (secondary N) is 2. The average Bonchev–Trinajstić information content (AvgIpc) is 2.50. The SMILES string of the molecule is CC(C)(C)OC(=O)N1CCCC(NCCNc2cccc(Cl)c2)C1. The molecule has 6 heteroatoms. The second kappa shape index (κ2) is 8.58. The molecule has 0 bridgehead atoms. The van der Waals surface area contributed by atoms with E-state index < -0.39 is 5.60 Å². The van der Waals surface area contributed by atoms with Crippen molar-refractivity contribution in [3.8, 4) is 0 Å². The molecular weight excluding hydrogens is 326 g/mol. The van der Waals surface area contributed by atoms with Gasteiger partial charge in [-0.3, -0.25) is 0 Å². The molecule has 0 spiro atoms. The number of nitrogens with zero attached hydrogens (tertiary/aromatic N) is 1. The summed E-state index contributed by atoms with van der Waals surface area (Å²) in [5.74, 6) is 0. The first-order valence-electron chi connectivity index (χ1n) is 8.54. The molecule has 2 N–H and O–H groups in total. The highest BCUT2D eigenvalue weighted by molar-refractivity contribution is 6.30. The minimum Gasteiger partial charge on any atom is -0.444 e. The number of halogens is 1. The van der Waals surface area contributed by atoms with Crippen molar-refractivity contribution < 1.29 is 9.53 Å². The second-order valence-corrected chi connectivity index (χ2v) is 7.59. The Hall–Kier alpha value is -1.46. The van der Waals surface area contributed by atoms with Gasteiger partial charge in [0.05, 0.1) is 0 Å². The van der Waals surface area contributed by atoms with E-state index in [1.807, 2.05) is 45.0 Å². The number of anilines is 1. The van der Waals surface area contributed by atoms with Gasteiger partial charge in [0.15, 0.2) is 0 Å². The van der Waals surface area contributed by atoms with Gasteiger partial charge in [-0.05, 0) is 51.8 Å². The Kier molecular flexibility index (Phi) is 6.75. The summed E-state index contributed by atoms with van der Waals surface area (Å²) in [6.45, 7) is 8.80. The Balaban J connectivity index is 1.70. The van der Waals surface area contributed by atoms with Crippen molar-refractivity contribution in [1.29, 1.82) is 0 Å². The summed E-state index contributed by atoms with van der Waals surface area (Å²) < 4.78 is 5.45. The number of benzene rings is 1. The number of carbonyl (C=O) groups is 1. The lowest BCUT2D eigenvalue weighted by atomic mass is 10.1. The number of amides is 1. The summed E-state index contributed by atoms with van der Waals surface area (Å²) in [6.07, 6.45) is 1.86. The number of piperidine rings is 1. The summed E-state index contributed by atoms with van der Waals surface area (Å²) >= 11 is 5.97. The van der Waals surface area contributed by atoms with E-state index in [4.69, 9.17) is 16.3 Å². The minimum absolute atomic E-state index is 0.217. The van der Waals surface area contributed by atoms with Crippen LogP contribution in [0.4, 0.5) is 10.5 Å². The molecule has 0 aromatic heterocycles. The highest BCUT2D eigenvalue weighted by atomic mass is 35.5. The monoisotopic (exact) mass is 353 g/mol. The molecule has 1 fully saturated rings. The fraction of sp³-hybridized carbons (Fsp3) is 0.611. The van der Waals surface area contributed by atoms with Crippen molar-refractivity contribution in [2.45, 2.75) is 45.3 Å². The minimum atomic E-state index is -0.446. The number of likely N-dealkylation sites (tertiary alicyclic amines) is 1. The van der Waals surface area contributed by atoms with E-state index in [1.54, 1.807) is 4.90 Å². The Bertz CT molecular complexity index is 545. The van der Waals surface area contributed by atoms with Gasteiger partial charge in [0.25, 0.3) is 0 Å². The summed E-state index contributed by atoms with van der Waals surface area (Å²) in [6, 6.07) is 8.01. The van der Waals surface area contributed by atoms with Crippen LogP contribution in [0.1, 0.15) is 33.6 Å². The van der Waals surface area contributed by atoms with Crippen LogP contribution in [0.15, 0.2) is 24.3 Å². The summed E-state index contributed by atoms with van der Waals surface area (Å²) in [5.41, 5.74) is 0.571. The average molecular weight is 354 g/mol. The van der Waals surface area contributed by atoms with Gasteiger partial charge in [-0.15, -0.1) is 0 Å². The molecule has 0 saturated carbocycles. The third-order valence-electron chi connectivity index (χ3n) is 3.78. The van der Waals surface area contributed by atoms with Crippen LogP contribution >= 0.6 is 11.6 Å². The van der Waals surface area contributed by atoms with Gasteiger partial charge in [0.2, 0.25) is 0 Å². The molecule has 2 rings (SSSR count). The van der Waals surface area contributed by atoms with E-state index in [-0.39, 0.29) is 6.09 Å². The van der Waals surface area contributed by atoms with Gasteiger partial charge >= 0.3 is 6.09 Å². The molecule has 1 amide bonds. The maximum Gasteiger partial charge on any atom is 0.410 e. The zero-order valence-corrected chi connectivity index (χ0v) is 15.5. The third kappa shape index (κ3) is 6.57. The van der Waals surface area contributed by atoms with E-state index in [9.17, 15) is 4.79 Å². The van der Waals surface area contributed by atoms with Crippen LogP contribution in [0.5, 0.6) is 0 Å². The number of hydrogen-bond acceptors (Lipinski definition) is 4. The number of hydrogen-bond donors (Lipinski definition) is 2. The van der Waals surface area contributed by atoms with Crippen molar-refractivity contribution in [1.82, 2.24) is 10.2 Å². The van der Waals surface area contributed by atoms with Crippen LogP contribution in [0.2, 0.25) is 5.02 Å². The Morgan fingerprint density at radius 3 is 2.88 bits per heavy atom. The fourth-order valence-corrected chi connectivity index (χ4v) is 2.91. The zero-order valence-electron chi connectivity index (χ0n) is 14.8. The Morgan fingerprint density at radius 2 is 2.17 bits per heavy atom. The van der Waals surface area contributed by atoms with E-state index >= 15 is 0 Å². The quantitative estimate of drug-likeness (QED) is 0.792. The largest absolute Gasteiger partial charge is 0.444 e. The van der Waals surface area contributed by atoms with Crippen LogP contribution in [-0.4, -0.2) is 48.8 Å². The standard InChI is InChI=1S/C18H28ClN3O2/c1-18(2,3)24-17(23)22-11-5-8-16(13-22)21-10-9-20-15-7-4-6-14(19)12-15/h4,6-7,12,16,20-21H,5,8-11,13H2,1-3H3. The molecule has 1 atom stereocenters. The van der Waals surface area contributed by atoms with Gasteiger partial charge in [-0.1, -0.05) is 17.7 Å². The second-order valence-electron chi connectivity index (χ2n) is 7.16. The molecule has 1 aromatic carbocycles. The zero-order chi connectivity index (χ0) is 17.6. The van der Waals surface area contributed by atoms with Crippen molar-refractivity contribution in [2.24, 2.45) is 0 Å². The van der Waals surface area contributed by atoms with Crippen LogP contribution in [0.25, 0.3) is 0 Å². The first-order chi connectivity index (χ1) is 11.3. The van der Waals surface area contributed by atoms with E-state index in [2.05, 4.69) is 10.6 Å². The summed E-state index contributed by atoms with van der Waals surface area (Å²) in [7, 11) is 0. The normalized spacial score (nSPS) is 18.3. The van der Waals surface area contributed by atoms with Gasteiger partial charge in [0.1, 0.15) is 5.60 Å². The molecule has 1 unspecified atom stereocenters. The lowest BCUT2D eigenvalue weighted by Crippen LogP contribution is -2.50. The smallest absolute Gasteiger partial charge is 0.410 e. The van der Waals surface area contributed by atoms with Crippen molar-refractivity contribution in [2.75, 3.05) is 31.5 Å². The Labute approximate surface area is 149 Å². The van der Waals surface area contributed by atoms with Crippen LogP contribution in [0.3, 0.4) is 0 Å². The lowest BCUT2D eigenvalue weighted by molar-refractivity contribution is 0.0188. The summed E-state index contributed by atoms with van der Waals surface area (Å²) in [4.78, 5) is 14.0. The molecule has 0 radical (unpaired) electrons. The molecule has 134 valence electrons. The highest BCUT2D eigenvalue weighted by Gasteiger charge is 2.27. The van der Waals surface area contributed by atoms with E-state index in [0.29, 0.717) is 12.6 Å². The van der Waals surface area contributed by atoms with E-state index in [1.165, 1.54) is 0 Å². The van der Waals surface area contributed by atoms with Crippen LogP contribution < -0.4 is 10.6 Å². The molecule has 1 aromatic rings. The first-order valence-corrected chi connectivity index (χ1v) is 8.92. The van der Waals surface area contributed by atoms with Gasteiger partial charge in [-0.25, -0.2) is 4.79 Å². The first kappa shape index (κ1) is 18.9. The third-order valence-corrected chi connectivity index (χ3v) is 4.02. The van der Waals surface area contributed by atoms with E-state index in [0.717, 1.165) is 43.2 Å². The number of ether oxygens (including phenoxy) is 1. The number of carbonyl (C=O) groups excluding carboxylic acids is 1. The highest BCUT2D eigenvalue weighted by Crippen LogP contribution is 2.16. The molecule has 1 heterocycles. The van der Waals surface area contributed by atoms with Gasteiger partial charge in [-0.2, -0.15) is 0 Å². The molecular formula is C18H28ClN3O2. The predicted octanol–water partition coefficient (Wildman–Crippen LogP) is 3.74. The fourth-order valence-electron chi connectivity index (χ4n) is 2.72. The van der Waals surface area contributed by atoms with Gasteiger partial charge < -0.3 is 20.3 Å². The molecule has 1 saturated heterocycles. The maximum absolute atomic E-state index is 12.2. The molecule has 0 aliphatic carbocycles. The van der Waals surface area contributed by atoms with Crippen LogP contribution in [-0.2, 0) is 4.74 Å². The van der Waals surface area contributed by atoms with Crippen molar-refractivity contribution in [3.63, 3.8) is 0 Å². The van der Waals surface area contributed by atoms with Crippen molar-refractivity contribution in [3.05, 3.63) is 29.3 Å². The predicted molar refractivity (Wildman–Crippen MR) is 98.8 cm³/mol. The Morgan fingerprint density at radius 1 is 1.38 bits per heavy atom. The van der Waals surface area contributed by atoms with Crippen molar-refractivity contribution >= 4 is 23.4 Å². The molecule has 1 aliphatic heterocycles. The van der Waals surface area contributed by atoms with Gasteiger partial charge in [0, 0.05) is 42.9 Å².